The number of allylic oxidation sites excluding steroid dienone is 2. The van der Waals surface area contributed by atoms with Crippen LogP contribution in [0.25, 0.3) is 10.9 Å². The van der Waals surface area contributed by atoms with E-state index in [0.717, 1.165) is 50.0 Å². The Balaban J connectivity index is 1.60. The van der Waals surface area contributed by atoms with Crippen molar-refractivity contribution in [2.45, 2.75) is 52.9 Å². The highest BCUT2D eigenvalue weighted by Gasteiger charge is 2.22. The first-order valence-corrected chi connectivity index (χ1v) is 11.0. The first-order valence-electron chi connectivity index (χ1n) is 11.0. The lowest BCUT2D eigenvalue weighted by atomic mass is 9.86. The number of nitrogens with one attached hydrogen (secondary N) is 3. The van der Waals surface area contributed by atoms with Gasteiger partial charge in [0.25, 0.3) is 0 Å². The van der Waals surface area contributed by atoms with E-state index in [2.05, 4.69) is 47.7 Å². The summed E-state index contributed by atoms with van der Waals surface area (Å²) >= 11 is 0. The van der Waals surface area contributed by atoms with Crippen molar-refractivity contribution in [2.24, 2.45) is 11.8 Å². The average Bonchev–Trinajstić information content (AvgIpc) is 3.05. The minimum Gasteiger partial charge on any atom is -0.449 e. The van der Waals surface area contributed by atoms with Crippen molar-refractivity contribution in [1.29, 1.82) is 0 Å². The number of H-pyrrole nitrogens is 1. The summed E-state index contributed by atoms with van der Waals surface area (Å²) in [6, 6.07) is 6.07. The third kappa shape index (κ3) is 6.10. The minimum atomic E-state index is -0.384. The van der Waals surface area contributed by atoms with E-state index in [1.54, 1.807) is 0 Å². The van der Waals surface area contributed by atoms with Crippen LogP contribution in [0, 0.1) is 11.8 Å². The molecule has 29 heavy (non-hydrogen) atoms. The van der Waals surface area contributed by atoms with Crippen LogP contribution in [0.15, 0.2) is 30.4 Å². The summed E-state index contributed by atoms with van der Waals surface area (Å²) < 4.78 is 5.28. The number of hydrogen-bond donors (Lipinski definition) is 3. The molecule has 3 rings (SSSR count). The van der Waals surface area contributed by atoms with Gasteiger partial charge in [0.2, 0.25) is 0 Å². The second kappa shape index (κ2) is 10.5. The van der Waals surface area contributed by atoms with E-state index >= 15 is 0 Å². The number of rotatable bonds is 9. The van der Waals surface area contributed by atoms with Crippen LogP contribution in [0.1, 0.15) is 51.3 Å². The van der Waals surface area contributed by atoms with Crippen LogP contribution in [-0.4, -0.2) is 30.8 Å². The molecule has 5 nitrogen and oxygen atoms in total. The van der Waals surface area contributed by atoms with Gasteiger partial charge in [-0.25, -0.2) is 4.79 Å². The fourth-order valence-electron chi connectivity index (χ4n) is 4.00. The molecule has 1 unspecified atom stereocenters. The second-order valence-corrected chi connectivity index (χ2v) is 8.48. The number of ether oxygens (including phenoxy) is 1. The molecule has 3 N–H and O–H groups in total. The first-order chi connectivity index (χ1) is 14.1. The van der Waals surface area contributed by atoms with Crippen LogP contribution in [0.5, 0.6) is 0 Å². The lowest BCUT2D eigenvalue weighted by Gasteiger charge is -2.23. The predicted octanol–water partition coefficient (Wildman–Crippen LogP) is 5.42. The molecular weight excluding hydrogens is 362 g/mol. The van der Waals surface area contributed by atoms with E-state index in [4.69, 9.17) is 4.74 Å². The van der Waals surface area contributed by atoms with Crippen LogP contribution in [0.3, 0.4) is 0 Å². The van der Waals surface area contributed by atoms with Crippen LogP contribution < -0.4 is 10.6 Å². The monoisotopic (exact) mass is 397 g/mol. The van der Waals surface area contributed by atoms with Crippen LogP contribution in [0.4, 0.5) is 10.5 Å². The highest BCUT2D eigenvalue weighted by molar-refractivity contribution is 5.92. The molecule has 1 heterocycles. The van der Waals surface area contributed by atoms with Gasteiger partial charge in [-0.3, -0.25) is 5.32 Å². The van der Waals surface area contributed by atoms with Gasteiger partial charge in [-0.1, -0.05) is 26.0 Å². The number of carbonyl (C=O) groups excluding carboxylic acids is 1. The molecule has 0 saturated heterocycles. The maximum absolute atomic E-state index is 12.1. The molecule has 158 valence electrons. The Morgan fingerprint density at radius 1 is 1.38 bits per heavy atom. The van der Waals surface area contributed by atoms with Gasteiger partial charge >= 0.3 is 6.09 Å². The van der Waals surface area contributed by atoms with Gasteiger partial charge < -0.3 is 15.0 Å². The van der Waals surface area contributed by atoms with E-state index in [0.29, 0.717) is 18.4 Å². The number of anilines is 1. The lowest BCUT2D eigenvalue weighted by molar-refractivity contribution is 0.160. The van der Waals surface area contributed by atoms with E-state index in [-0.39, 0.29) is 6.09 Å². The van der Waals surface area contributed by atoms with Crippen molar-refractivity contribution >= 4 is 22.7 Å². The van der Waals surface area contributed by atoms with Gasteiger partial charge in [-0.15, -0.1) is 0 Å². The zero-order valence-electron chi connectivity index (χ0n) is 18.0. The first kappa shape index (κ1) is 21.4. The van der Waals surface area contributed by atoms with Crippen molar-refractivity contribution in [1.82, 2.24) is 10.3 Å². The summed E-state index contributed by atoms with van der Waals surface area (Å²) in [4.78, 5) is 15.6. The molecule has 1 amide bonds. The second-order valence-electron chi connectivity index (χ2n) is 8.48. The van der Waals surface area contributed by atoms with Gasteiger partial charge in [-0.2, -0.15) is 0 Å². The molecule has 1 aromatic carbocycles. The number of aryl methyl sites for hydroxylation is 1. The van der Waals surface area contributed by atoms with Gasteiger partial charge in [0.1, 0.15) is 0 Å². The van der Waals surface area contributed by atoms with Crippen molar-refractivity contribution in [3.63, 3.8) is 0 Å². The molecular formula is C24H35N3O2. The molecule has 5 heteroatoms. The topological polar surface area (TPSA) is 66.1 Å². The van der Waals surface area contributed by atoms with E-state index in [1.165, 1.54) is 23.1 Å². The summed E-state index contributed by atoms with van der Waals surface area (Å²) in [5.41, 5.74) is 4.70. The third-order valence-electron chi connectivity index (χ3n) is 5.51. The summed E-state index contributed by atoms with van der Waals surface area (Å²) in [5, 5.41) is 7.70. The SMILES string of the molecule is CC=CCCCOC(=O)Nc1ccc2[nH]c3c(c2c1)CC(CNCC(C)C)CC3. The number of carbonyl (C=O) groups is 1. The number of fused-ring (bicyclic) bond motifs is 3. The summed E-state index contributed by atoms with van der Waals surface area (Å²) in [5.74, 6) is 1.35. The van der Waals surface area contributed by atoms with Crippen molar-refractivity contribution in [3.05, 3.63) is 41.6 Å². The fraction of sp³-hybridized carbons (Fsp3) is 0.542. The molecule has 1 aliphatic rings. The molecule has 0 saturated carbocycles. The molecule has 1 aromatic heterocycles. The number of aromatic amines is 1. The highest BCUT2D eigenvalue weighted by Crippen LogP contribution is 2.33. The van der Waals surface area contributed by atoms with Crippen LogP contribution >= 0.6 is 0 Å². The quantitative estimate of drug-likeness (QED) is 0.391. The van der Waals surface area contributed by atoms with E-state index in [9.17, 15) is 4.79 Å². The number of amides is 1. The highest BCUT2D eigenvalue weighted by atomic mass is 16.5. The van der Waals surface area contributed by atoms with Gasteiger partial charge in [0, 0.05) is 22.3 Å². The van der Waals surface area contributed by atoms with Gasteiger partial charge in [-0.05, 0) is 87.7 Å². The maximum atomic E-state index is 12.1. The maximum Gasteiger partial charge on any atom is 0.411 e. The van der Waals surface area contributed by atoms with Crippen LogP contribution in [0.2, 0.25) is 0 Å². The molecule has 0 aliphatic heterocycles. The smallest absolute Gasteiger partial charge is 0.411 e. The summed E-state index contributed by atoms with van der Waals surface area (Å²) in [7, 11) is 0. The zero-order valence-corrected chi connectivity index (χ0v) is 18.0. The Hall–Kier alpha value is -2.27. The Morgan fingerprint density at radius 2 is 2.24 bits per heavy atom. The third-order valence-corrected chi connectivity index (χ3v) is 5.51. The Kier molecular flexibility index (Phi) is 7.76. The average molecular weight is 398 g/mol. The van der Waals surface area contributed by atoms with Crippen molar-refractivity contribution in [2.75, 3.05) is 25.0 Å². The largest absolute Gasteiger partial charge is 0.449 e. The lowest BCUT2D eigenvalue weighted by Crippen LogP contribution is -2.29. The fourth-order valence-corrected chi connectivity index (χ4v) is 4.00. The minimum absolute atomic E-state index is 0.384. The normalized spacial score (nSPS) is 16.5. The Bertz CT molecular complexity index is 838. The Labute approximate surface area is 174 Å². The number of benzene rings is 1. The van der Waals surface area contributed by atoms with Gasteiger partial charge in [0.05, 0.1) is 6.61 Å². The van der Waals surface area contributed by atoms with E-state index < -0.39 is 0 Å². The van der Waals surface area contributed by atoms with Crippen molar-refractivity contribution < 1.29 is 9.53 Å². The predicted molar refractivity (Wildman–Crippen MR) is 121 cm³/mol. The van der Waals surface area contributed by atoms with Crippen LogP contribution in [-0.2, 0) is 17.6 Å². The summed E-state index contributed by atoms with van der Waals surface area (Å²) in [6.07, 6.45) is 8.87. The molecule has 1 atom stereocenters. The van der Waals surface area contributed by atoms with Crippen molar-refractivity contribution in [3.8, 4) is 0 Å². The summed E-state index contributed by atoms with van der Waals surface area (Å²) in [6.45, 7) is 9.06. The zero-order chi connectivity index (χ0) is 20.6. The van der Waals surface area contributed by atoms with Gasteiger partial charge in [0.15, 0.2) is 0 Å². The molecule has 0 radical (unpaired) electrons. The molecule has 1 aliphatic carbocycles. The number of unbranched alkanes of at least 4 members (excludes halogenated alkanes) is 1. The standard InChI is InChI=1S/C24H35N3O2/c1-4-5-6-7-12-29-24(28)26-19-9-11-23-21(14-19)20-13-18(8-10-22(20)27-23)16-25-15-17(2)3/h4-5,9,11,14,17-18,25,27H,6-8,10,12-13,15-16H2,1-3H3,(H,26,28). The number of hydrogen-bond acceptors (Lipinski definition) is 3. The molecule has 0 fully saturated rings. The Morgan fingerprint density at radius 3 is 3.03 bits per heavy atom. The molecule has 0 bridgehead atoms. The number of aromatic nitrogens is 1. The van der Waals surface area contributed by atoms with E-state index in [1.807, 2.05) is 19.1 Å². The molecule has 0 spiro atoms. The molecule has 2 aromatic rings.